The van der Waals surface area contributed by atoms with Crippen LogP contribution >= 0.6 is 0 Å². The van der Waals surface area contributed by atoms with Gasteiger partial charge in [-0.2, -0.15) is 5.26 Å². The number of carbonyl (C=O) groups excluding carboxylic acids is 1. The summed E-state index contributed by atoms with van der Waals surface area (Å²) in [5.74, 6) is -0.137. The van der Waals surface area contributed by atoms with Gasteiger partial charge < -0.3 is 0 Å². The summed E-state index contributed by atoms with van der Waals surface area (Å²) in [5, 5.41) is 8.70. The molecule has 1 aliphatic rings. The number of carbonyl (C=O) groups is 1. The second kappa shape index (κ2) is 4.92. The zero-order valence-corrected chi connectivity index (χ0v) is 7.38. The Kier molecular flexibility index (Phi) is 3.79. The SMILES string of the molecule is N#CC1CCCCCCCC1=O. The minimum atomic E-state index is -0.303. The lowest BCUT2D eigenvalue weighted by Crippen LogP contribution is -2.11. The van der Waals surface area contributed by atoms with Crippen molar-refractivity contribution in [1.29, 1.82) is 5.26 Å². The summed E-state index contributed by atoms with van der Waals surface area (Å²) in [4.78, 5) is 11.3. The molecule has 1 atom stereocenters. The smallest absolute Gasteiger partial charge is 0.149 e. The Morgan fingerprint density at radius 2 is 1.83 bits per heavy atom. The fourth-order valence-corrected chi connectivity index (χ4v) is 1.65. The van der Waals surface area contributed by atoms with Crippen molar-refractivity contribution >= 4 is 5.78 Å². The summed E-state index contributed by atoms with van der Waals surface area (Å²) in [5.41, 5.74) is 0. The molecule has 0 spiro atoms. The lowest BCUT2D eigenvalue weighted by atomic mass is 9.97. The summed E-state index contributed by atoms with van der Waals surface area (Å²) in [7, 11) is 0. The fourth-order valence-electron chi connectivity index (χ4n) is 1.65. The van der Waals surface area contributed by atoms with Crippen molar-refractivity contribution in [1.82, 2.24) is 0 Å². The zero-order valence-electron chi connectivity index (χ0n) is 7.38. The summed E-state index contributed by atoms with van der Waals surface area (Å²) in [6.45, 7) is 0. The minimum absolute atomic E-state index is 0.166. The van der Waals surface area contributed by atoms with Crippen molar-refractivity contribution in [3.8, 4) is 6.07 Å². The molecule has 1 saturated carbocycles. The molecule has 66 valence electrons. The van der Waals surface area contributed by atoms with E-state index in [1.165, 1.54) is 12.8 Å². The first-order valence-electron chi connectivity index (χ1n) is 4.77. The molecule has 1 aliphatic carbocycles. The maximum Gasteiger partial charge on any atom is 0.149 e. The predicted octanol–water partition coefficient (Wildman–Crippen LogP) is 2.44. The number of hydrogen-bond donors (Lipinski definition) is 0. The van der Waals surface area contributed by atoms with Crippen LogP contribution in [0.15, 0.2) is 0 Å². The second-order valence-corrected chi connectivity index (χ2v) is 3.45. The van der Waals surface area contributed by atoms with Gasteiger partial charge in [0.2, 0.25) is 0 Å². The Morgan fingerprint density at radius 3 is 2.58 bits per heavy atom. The molecule has 0 aromatic heterocycles. The van der Waals surface area contributed by atoms with Gasteiger partial charge in [-0.1, -0.05) is 25.7 Å². The van der Waals surface area contributed by atoms with Crippen LogP contribution in [0.25, 0.3) is 0 Å². The molecule has 0 heterocycles. The molecule has 0 saturated heterocycles. The number of Topliss-reactive ketones (excluding diaryl/α,β-unsaturated/α-hetero) is 1. The van der Waals surface area contributed by atoms with Crippen LogP contribution in [0.1, 0.15) is 44.9 Å². The Balaban J connectivity index is 2.48. The van der Waals surface area contributed by atoms with Crippen LogP contribution in [-0.4, -0.2) is 5.78 Å². The third-order valence-electron chi connectivity index (χ3n) is 2.46. The summed E-state index contributed by atoms with van der Waals surface area (Å²) < 4.78 is 0. The largest absolute Gasteiger partial charge is 0.298 e. The van der Waals surface area contributed by atoms with E-state index in [0.29, 0.717) is 6.42 Å². The molecule has 0 bridgehead atoms. The van der Waals surface area contributed by atoms with Crippen LogP contribution in [-0.2, 0) is 4.79 Å². The molecule has 1 fully saturated rings. The average Bonchev–Trinajstić information content (AvgIpc) is 2.17. The van der Waals surface area contributed by atoms with E-state index in [1.807, 2.05) is 0 Å². The molecule has 0 amide bonds. The standard InChI is InChI=1S/C10H15NO/c11-8-9-6-4-2-1-3-5-7-10(9)12/h9H,1-7H2. The quantitative estimate of drug-likeness (QED) is 0.553. The normalized spacial score (nSPS) is 26.6. The molecule has 0 N–H and O–H groups in total. The lowest BCUT2D eigenvalue weighted by molar-refractivity contribution is -0.121. The topological polar surface area (TPSA) is 40.9 Å². The van der Waals surface area contributed by atoms with Crippen molar-refractivity contribution in [2.75, 3.05) is 0 Å². The maximum absolute atomic E-state index is 11.3. The molecule has 1 unspecified atom stereocenters. The Hall–Kier alpha value is -0.840. The van der Waals surface area contributed by atoms with Crippen molar-refractivity contribution < 1.29 is 4.79 Å². The Bertz CT molecular complexity index is 193. The molecular formula is C10H15NO. The van der Waals surface area contributed by atoms with Crippen molar-refractivity contribution in [3.05, 3.63) is 0 Å². The highest BCUT2D eigenvalue weighted by atomic mass is 16.1. The summed E-state index contributed by atoms with van der Waals surface area (Å²) in [6, 6.07) is 2.10. The zero-order chi connectivity index (χ0) is 8.81. The van der Waals surface area contributed by atoms with E-state index in [1.54, 1.807) is 0 Å². The first kappa shape index (κ1) is 9.25. The molecule has 0 aliphatic heterocycles. The molecular weight excluding hydrogens is 150 g/mol. The van der Waals surface area contributed by atoms with Crippen molar-refractivity contribution in [2.24, 2.45) is 5.92 Å². The van der Waals surface area contributed by atoms with Gasteiger partial charge in [0, 0.05) is 6.42 Å². The van der Waals surface area contributed by atoms with E-state index in [4.69, 9.17) is 5.26 Å². The van der Waals surface area contributed by atoms with Gasteiger partial charge in [0.15, 0.2) is 0 Å². The van der Waals surface area contributed by atoms with Crippen LogP contribution in [0, 0.1) is 17.2 Å². The van der Waals surface area contributed by atoms with E-state index in [0.717, 1.165) is 25.7 Å². The lowest BCUT2D eigenvalue weighted by Gasteiger charge is -2.03. The van der Waals surface area contributed by atoms with Gasteiger partial charge >= 0.3 is 0 Å². The van der Waals surface area contributed by atoms with Gasteiger partial charge in [0.25, 0.3) is 0 Å². The van der Waals surface area contributed by atoms with Gasteiger partial charge in [-0.05, 0) is 12.8 Å². The van der Waals surface area contributed by atoms with Crippen LogP contribution in [0.5, 0.6) is 0 Å². The highest BCUT2D eigenvalue weighted by Crippen LogP contribution is 2.18. The van der Waals surface area contributed by atoms with Crippen LogP contribution in [0.4, 0.5) is 0 Å². The van der Waals surface area contributed by atoms with Crippen LogP contribution in [0.2, 0.25) is 0 Å². The van der Waals surface area contributed by atoms with Gasteiger partial charge in [-0.3, -0.25) is 4.79 Å². The molecule has 0 aromatic carbocycles. The number of ketones is 1. The summed E-state index contributed by atoms with van der Waals surface area (Å²) >= 11 is 0. The molecule has 0 radical (unpaired) electrons. The van der Waals surface area contributed by atoms with Crippen molar-refractivity contribution in [2.45, 2.75) is 44.9 Å². The van der Waals surface area contributed by atoms with Gasteiger partial charge in [0.1, 0.15) is 11.7 Å². The average molecular weight is 165 g/mol. The Labute approximate surface area is 73.6 Å². The third-order valence-corrected chi connectivity index (χ3v) is 2.46. The van der Waals surface area contributed by atoms with E-state index < -0.39 is 0 Å². The first-order chi connectivity index (χ1) is 5.84. The number of rotatable bonds is 0. The van der Waals surface area contributed by atoms with Gasteiger partial charge in [0.05, 0.1) is 6.07 Å². The molecule has 2 heteroatoms. The molecule has 12 heavy (non-hydrogen) atoms. The van der Waals surface area contributed by atoms with Crippen LogP contribution in [0.3, 0.4) is 0 Å². The van der Waals surface area contributed by atoms with E-state index >= 15 is 0 Å². The van der Waals surface area contributed by atoms with Crippen LogP contribution < -0.4 is 0 Å². The minimum Gasteiger partial charge on any atom is -0.298 e. The van der Waals surface area contributed by atoms with E-state index in [2.05, 4.69) is 6.07 Å². The first-order valence-corrected chi connectivity index (χ1v) is 4.77. The number of nitrogens with zero attached hydrogens (tertiary/aromatic N) is 1. The molecule has 1 rings (SSSR count). The molecule has 2 nitrogen and oxygen atoms in total. The third kappa shape index (κ3) is 2.65. The highest BCUT2D eigenvalue weighted by Gasteiger charge is 2.17. The number of nitriles is 1. The van der Waals surface area contributed by atoms with E-state index in [9.17, 15) is 4.79 Å². The number of hydrogen-bond acceptors (Lipinski definition) is 2. The predicted molar refractivity (Wildman–Crippen MR) is 46.4 cm³/mol. The summed E-state index contributed by atoms with van der Waals surface area (Å²) in [6.07, 6.45) is 7.01. The fraction of sp³-hybridized carbons (Fsp3) is 0.800. The second-order valence-electron chi connectivity index (χ2n) is 3.45. The Morgan fingerprint density at radius 1 is 1.17 bits per heavy atom. The molecule has 0 aromatic rings. The van der Waals surface area contributed by atoms with Crippen molar-refractivity contribution in [3.63, 3.8) is 0 Å². The van der Waals surface area contributed by atoms with Gasteiger partial charge in [-0.25, -0.2) is 0 Å². The monoisotopic (exact) mass is 165 g/mol. The van der Waals surface area contributed by atoms with E-state index in [-0.39, 0.29) is 11.7 Å². The highest BCUT2D eigenvalue weighted by molar-refractivity contribution is 5.83. The maximum atomic E-state index is 11.3. The van der Waals surface area contributed by atoms with Gasteiger partial charge in [-0.15, -0.1) is 0 Å².